The number of amides is 4. The maximum atomic E-state index is 11.4. The Bertz CT molecular complexity index is 361. The third-order valence-electron chi connectivity index (χ3n) is 3.82. The highest BCUT2D eigenvalue weighted by Gasteiger charge is 2.29. The van der Waals surface area contributed by atoms with Crippen LogP contribution in [0.15, 0.2) is 0 Å². The largest absolute Gasteiger partial charge is 0.283 e. The normalized spacial score (nSPS) is 19.6. The smallest absolute Gasteiger partial charge is 0.229 e. The number of imide groups is 2. The van der Waals surface area contributed by atoms with E-state index in [0.717, 1.165) is 25.7 Å². The second-order valence-corrected chi connectivity index (χ2v) is 5.29. The highest BCUT2D eigenvalue weighted by molar-refractivity contribution is 6.02. The molecule has 0 saturated carbocycles. The molecule has 0 aromatic rings. The summed E-state index contributed by atoms with van der Waals surface area (Å²) in [4.78, 5) is 48.2. The first-order chi connectivity index (χ1) is 9.59. The van der Waals surface area contributed by atoms with Crippen LogP contribution < -0.4 is 0 Å². The standard InChI is InChI=1S/C14H20N2O4/c17-11-5-6-12(18)15(11)9-3-1-2-4-10-16-13(19)7-8-14(16)20/h1-10H2. The average molecular weight is 280 g/mol. The first-order valence-electron chi connectivity index (χ1n) is 7.26. The van der Waals surface area contributed by atoms with Crippen molar-refractivity contribution in [3.8, 4) is 0 Å². The van der Waals surface area contributed by atoms with Crippen LogP contribution in [0.5, 0.6) is 0 Å². The molecule has 20 heavy (non-hydrogen) atoms. The van der Waals surface area contributed by atoms with E-state index in [1.54, 1.807) is 0 Å². The van der Waals surface area contributed by atoms with Crippen LogP contribution in [0.3, 0.4) is 0 Å². The Balaban J connectivity index is 1.56. The van der Waals surface area contributed by atoms with Crippen molar-refractivity contribution in [2.75, 3.05) is 13.1 Å². The van der Waals surface area contributed by atoms with E-state index < -0.39 is 0 Å². The molecule has 110 valence electrons. The molecule has 0 aliphatic carbocycles. The summed E-state index contributed by atoms with van der Waals surface area (Å²) >= 11 is 0. The summed E-state index contributed by atoms with van der Waals surface area (Å²) in [6, 6.07) is 0. The van der Waals surface area contributed by atoms with E-state index in [0.29, 0.717) is 38.8 Å². The Morgan fingerprint density at radius 2 is 0.850 bits per heavy atom. The minimum absolute atomic E-state index is 0.0664. The van der Waals surface area contributed by atoms with Gasteiger partial charge in [0, 0.05) is 38.8 Å². The molecule has 0 spiro atoms. The molecule has 6 nitrogen and oxygen atoms in total. The van der Waals surface area contributed by atoms with Crippen LogP contribution >= 0.6 is 0 Å². The number of carbonyl (C=O) groups excluding carboxylic acids is 4. The number of hydrogen-bond acceptors (Lipinski definition) is 4. The van der Waals surface area contributed by atoms with Crippen LogP contribution in [-0.4, -0.2) is 46.5 Å². The van der Waals surface area contributed by atoms with Crippen molar-refractivity contribution in [2.24, 2.45) is 0 Å². The fraction of sp³-hybridized carbons (Fsp3) is 0.714. The van der Waals surface area contributed by atoms with E-state index in [-0.39, 0.29) is 23.6 Å². The minimum atomic E-state index is -0.0664. The molecule has 2 heterocycles. The van der Waals surface area contributed by atoms with Crippen LogP contribution in [0.4, 0.5) is 0 Å². The molecule has 0 bridgehead atoms. The molecular formula is C14H20N2O4. The van der Waals surface area contributed by atoms with E-state index in [2.05, 4.69) is 0 Å². The zero-order valence-electron chi connectivity index (χ0n) is 11.6. The third-order valence-corrected chi connectivity index (χ3v) is 3.82. The van der Waals surface area contributed by atoms with Crippen LogP contribution in [0.25, 0.3) is 0 Å². The average Bonchev–Trinajstić information content (AvgIpc) is 2.90. The molecule has 0 unspecified atom stereocenters. The quantitative estimate of drug-likeness (QED) is 0.511. The maximum Gasteiger partial charge on any atom is 0.229 e. The third kappa shape index (κ3) is 3.43. The van der Waals surface area contributed by atoms with Crippen molar-refractivity contribution >= 4 is 23.6 Å². The van der Waals surface area contributed by atoms with Crippen molar-refractivity contribution in [1.29, 1.82) is 0 Å². The molecule has 0 radical (unpaired) electrons. The van der Waals surface area contributed by atoms with Crippen LogP contribution in [0.2, 0.25) is 0 Å². The molecule has 4 amide bonds. The van der Waals surface area contributed by atoms with Gasteiger partial charge in [0.05, 0.1) is 0 Å². The first-order valence-corrected chi connectivity index (χ1v) is 7.26. The number of carbonyl (C=O) groups is 4. The molecule has 2 rings (SSSR count). The van der Waals surface area contributed by atoms with E-state index in [1.165, 1.54) is 9.80 Å². The second kappa shape index (κ2) is 6.63. The van der Waals surface area contributed by atoms with Gasteiger partial charge >= 0.3 is 0 Å². The molecule has 0 atom stereocenters. The SMILES string of the molecule is O=C1CCC(=O)N1CCCCCCN1C(=O)CCC1=O. The zero-order valence-corrected chi connectivity index (χ0v) is 11.6. The number of hydrogen-bond donors (Lipinski definition) is 0. The Hall–Kier alpha value is -1.72. The van der Waals surface area contributed by atoms with Gasteiger partial charge in [0.2, 0.25) is 23.6 Å². The lowest BCUT2D eigenvalue weighted by atomic mass is 10.2. The van der Waals surface area contributed by atoms with Gasteiger partial charge in [0.1, 0.15) is 0 Å². The van der Waals surface area contributed by atoms with Gasteiger partial charge in [-0.15, -0.1) is 0 Å². The molecule has 6 heteroatoms. The highest BCUT2D eigenvalue weighted by atomic mass is 16.2. The second-order valence-electron chi connectivity index (χ2n) is 5.29. The predicted molar refractivity (Wildman–Crippen MR) is 70.4 cm³/mol. The summed E-state index contributed by atoms with van der Waals surface area (Å²) < 4.78 is 0. The summed E-state index contributed by atoms with van der Waals surface area (Å²) in [5, 5.41) is 0. The molecular weight excluding hydrogens is 260 g/mol. The first kappa shape index (κ1) is 14.7. The van der Waals surface area contributed by atoms with Gasteiger partial charge in [-0.25, -0.2) is 0 Å². The Morgan fingerprint density at radius 3 is 1.15 bits per heavy atom. The van der Waals surface area contributed by atoms with Gasteiger partial charge in [0.25, 0.3) is 0 Å². The molecule has 2 aliphatic rings. The van der Waals surface area contributed by atoms with Crippen molar-refractivity contribution in [2.45, 2.75) is 51.4 Å². The fourth-order valence-electron chi connectivity index (χ4n) is 2.64. The molecule has 2 aliphatic heterocycles. The monoisotopic (exact) mass is 280 g/mol. The van der Waals surface area contributed by atoms with Gasteiger partial charge in [-0.1, -0.05) is 12.8 Å². The zero-order chi connectivity index (χ0) is 14.5. The van der Waals surface area contributed by atoms with Crippen molar-refractivity contribution < 1.29 is 19.2 Å². The number of unbranched alkanes of at least 4 members (excludes halogenated alkanes) is 3. The number of nitrogens with zero attached hydrogens (tertiary/aromatic N) is 2. The lowest BCUT2D eigenvalue weighted by molar-refractivity contribution is -0.140. The van der Waals surface area contributed by atoms with Gasteiger partial charge in [-0.05, 0) is 12.8 Å². The summed E-state index contributed by atoms with van der Waals surface area (Å²) in [5.74, 6) is -0.266. The molecule has 2 fully saturated rings. The lowest BCUT2D eigenvalue weighted by Gasteiger charge is -2.14. The molecule has 0 N–H and O–H groups in total. The predicted octanol–water partition coefficient (Wildman–Crippen LogP) is 0.845. The highest BCUT2D eigenvalue weighted by Crippen LogP contribution is 2.15. The summed E-state index contributed by atoms with van der Waals surface area (Å²) in [7, 11) is 0. The van der Waals surface area contributed by atoms with E-state index in [9.17, 15) is 19.2 Å². The van der Waals surface area contributed by atoms with Gasteiger partial charge in [0.15, 0.2) is 0 Å². The van der Waals surface area contributed by atoms with E-state index in [4.69, 9.17) is 0 Å². The fourth-order valence-corrected chi connectivity index (χ4v) is 2.64. The topological polar surface area (TPSA) is 74.8 Å². The Kier molecular flexibility index (Phi) is 4.87. The molecule has 0 aromatic carbocycles. The number of rotatable bonds is 7. The maximum absolute atomic E-state index is 11.4. The van der Waals surface area contributed by atoms with Crippen molar-refractivity contribution in [3.05, 3.63) is 0 Å². The molecule has 0 aromatic heterocycles. The number of likely N-dealkylation sites (tertiary alicyclic amines) is 2. The summed E-state index contributed by atoms with van der Waals surface area (Å²) in [5.41, 5.74) is 0. The van der Waals surface area contributed by atoms with Gasteiger partial charge in [-0.3, -0.25) is 29.0 Å². The van der Waals surface area contributed by atoms with E-state index >= 15 is 0 Å². The summed E-state index contributed by atoms with van der Waals surface area (Å²) in [6.45, 7) is 0.998. The van der Waals surface area contributed by atoms with Crippen molar-refractivity contribution in [3.63, 3.8) is 0 Å². The summed E-state index contributed by atoms with van der Waals surface area (Å²) in [6.07, 6.45) is 4.76. The van der Waals surface area contributed by atoms with Gasteiger partial charge < -0.3 is 0 Å². The molecule has 2 saturated heterocycles. The Labute approximate surface area is 118 Å². The van der Waals surface area contributed by atoms with Crippen LogP contribution in [-0.2, 0) is 19.2 Å². The van der Waals surface area contributed by atoms with Crippen LogP contribution in [0.1, 0.15) is 51.4 Å². The van der Waals surface area contributed by atoms with Crippen molar-refractivity contribution in [1.82, 2.24) is 9.80 Å². The minimum Gasteiger partial charge on any atom is -0.283 e. The van der Waals surface area contributed by atoms with E-state index in [1.807, 2.05) is 0 Å². The van der Waals surface area contributed by atoms with Crippen LogP contribution in [0, 0.1) is 0 Å². The van der Waals surface area contributed by atoms with Gasteiger partial charge in [-0.2, -0.15) is 0 Å². The lowest BCUT2D eigenvalue weighted by Crippen LogP contribution is -2.30. The Morgan fingerprint density at radius 1 is 0.550 bits per heavy atom.